The standard InChI is InChI=1S/C14H23NO2/c1-11(2)17-10-13(15-3)9-12-7-5-6-8-14(12)16-4/h5-8,11,13,15H,9-10H2,1-4H3. The van der Waals surface area contributed by atoms with Gasteiger partial charge in [-0.2, -0.15) is 0 Å². The minimum Gasteiger partial charge on any atom is -0.496 e. The van der Waals surface area contributed by atoms with Crippen molar-refractivity contribution >= 4 is 0 Å². The molecule has 1 atom stereocenters. The lowest BCUT2D eigenvalue weighted by Gasteiger charge is -2.19. The van der Waals surface area contributed by atoms with E-state index in [1.807, 2.05) is 25.2 Å². The maximum absolute atomic E-state index is 5.64. The number of hydrogen-bond acceptors (Lipinski definition) is 3. The second-order valence-electron chi connectivity index (χ2n) is 4.38. The fourth-order valence-electron chi connectivity index (χ4n) is 1.69. The van der Waals surface area contributed by atoms with E-state index in [1.54, 1.807) is 7.11 Å². The molecular weight excluding hydrogens is 214 g/mol. The Morgan fingerprint density at radius 1 is 1.24 bits per heavy atom. The molecule has 17 heavy (non-hydrogen) atoms. The van der Waals surface area contributed by atoms with E-state index in [4.69, 9.17) is 9.47 Å². The van der Waals surface area contributed by atoms with Crippen LogP contribution in [0.2, 0.25) is 0 Å². The summed E-state index contributed by atoms with van der Waals surface area (Å²) in [6.45, 7) is 4.82. The minimum absolute atomic E-state index is 0.267. The predicted octanol–water partition coefficient (Wildman–Crippen LogP) is 2.25. The highest BCUT2D eigenvalue weighted by atomic mass is 16.5. The maximum Gasteiger partial charge on any atom is 0.122 e. The van der Waals surface area contributed by atoms with Crippen LogP contribution < -0.4 is 10.1 Å². The molecular formula is C14H23NO2. The summed E-state index contributed by atoms with van der Waals surface area (Å²) in [5.74, 6) is 0.942. The van der Waals surface area contributed by atoms with Crippen molar-refractivity contribution in [3.8, 4) is 5.75 Å². The van der Waals surface area contributed by atoms with E-state index in [9.17, 15) is 0 Å². The fourth-order valence-corrected chi connectivity index (χ4v) is 1.69. The van der Waals surface area contributed by atoms with Crippen LogP contribution in [0.3, 0.4) is 0 Å². The van der Waals surface area contributed by atoms with Crippen LogP contribution in [-0.4, -0.2) is 32.9 Å². The van der Waals surface area contributed by atoms with E-state index in [1.165, 1.54) is 5.56 Å². The molecule has 3 heteroatoms. The first-order valence-corrected chi connectivity index (χ1v) is 6.08. The van der Waals surface area contributed by atoms with Crippen molar-refractivity contribution in [1.82, 2.24) is 5.32 Å². The van der Waals surface area contributed by atoms with E-state index < -0.39 is 0 Å². The molecule has 0 fully saturated rings. The highest BCUT2D eigenvalue weighted by Crippen LogP contribution is 2.19. The molecule has 1 aromatic carbocycles. The summed E-state index contributed by atoms with van der Waals surface area (Å²) >= 11 is 0. The van der Waals surface area contributed by atoms with Gasteiger partial charge in [0.25, 0.3) is 0 Å². The number of para-hydroxylation sites is 1. The quantitative estimate of drug-likeness (QED) is 0.789. The van der Waals surface area contributed by atoms with Crippen LogP contribution in [0.1, 0.15) is 19.4 Å². The van der Waals surface area contributed by atoms with Gasteiger partial charge in [-0.25, -0.2) is 0 Å². The Kier molecular flexibility index (Phi) is 6.01. The monoisotopic (exact) mass is 237 g/mol. The van der Waals surface area contributed by atoms with Gasteiger partial charge in [-0.15, -0.1) is 0 Å². The van der Waals surface area contributed by atoms with Gasteiger partial charge in [0.15, 0.2) is 0 Å². The number of methoxy groups -OCH3 is 1. The number of nitrogens with one attached hydrogen (secondary N) is 1. The van der Waals surface area contributed by atoms with Crippen LogP contribution in [0.5, 0.6) is 5.75 Å². The highest BCUT2D eigenvalue weighted by molar-refractivity contribution is 5.33. The van der Waals surface area contributed by atoms with Gasteiger partial charge in [0.05, 0.1) is 19.8 Å². The first-order valence-electron chi connectivity index (χ1n) is 6.08. The van der Waals surface area contributed by atoms with Gasteiger partial charge in [-0.1, -0.05) is 18.2 Å². The van der Waals surface area contributed by atoms with Crippen LogP contribution in [0.15, 0.2) is 24.3 Å². The van der Waals surface area contributed by atoms with E-state index in [-0.39, 0.29) is 6.10 Å². The molecule has 96 valence electrons. The smallest absolute Gasteiger partial charge is 0.122 e. The Hall–Kier alpha value is -1.06. The Morgan fingerprint density at radius 3 is 2.53 bits per heavy atom. The molecule has 0 aliphatic heterocycles. The van der Waals surface area contributed by atoms with Crippen LogP contribution >= 0.6 is 0 Å². The fraction of sp³-hybridized carbons (Fsp3) is 0.571. The molecule has 0 heterocycles. The van der Waals surface area contributed by atoms with Gasteiger partial charge in [-0.05, 0) is 38.9 Å². The van der Waals surface area contributed by atoms with Gasteiger partial charge < -0.3 is 14.8 Å². The van der Waals surface area contributed by atoms with Crippen molar-refractivity contribution in [1.29, 1.82) is 0 Å². The first kappa shape index (κ1) is 14.0. The molecule has 1 unspecified atom stereocenters. The number of benzene rings is 1. The Bertz CT molecular complexity index is 326. The van der Waals surface area contributed by atoms with Crippen molar-refractivity contribution < 1.29 is 9.47 Å². The molecule has 1 aromatic rings. The summed E-state index contributed by atoms with van der Waals surface area (Å²) in [5.41, 5.74) is 1.21. The molecule has 1 N–H and O–H groups in total. The van der Waals surface area contributed by atoms with Gasteiger partial charge in [0, 0.05) is 6.04 Å². The third-order valence-electron chi connectivity index (χ3n) is 2.70. The summed E-state index contributed by atoms with van der Waals surface area (Å²) in [6, 6.07) is 8.42. The molecule has 0 radical (unpaired) electrons. The van der Waals surface area contributed by atoms with E-state index in [0.29, 0.717) is 12.6 Å². The number of hydrogen-bond donors (Lipinski definition) is 1. The topological polar surface area (TPSA) is 30.5 Å². The lowest BCUT2D eigenvalue weighted by molar-refractivity contribution is 0.0627. The lowest BCUT2D eigenvalue weighted by Crippen LogP contribution is -2.33. The number of rotatable bonds is 7. The Balaban J connectivity index is 2.60. The maximum atomic E-state index is 5.64. The summed E-state index contributed by atoms with van der Waals surface area (Å²) < 4.78 is 11.0. The zero-order valence-corrected chi connectivity index (χ0v) is 11.2. The number of likely N-dealkylation sites (N-methyl/N-ethyl adjacent to an activating group) is 1. The van der Waals surface area contributed by atoms with Crippen LogP contribution in [-0.2, 0) is 11.2 Å². The van der Waals surface area contributed by atoms with Crippen LogP contribution in [0.4, 0.5) is 0 Å². The average molecular weight is 237 g/mol. The van der Waals surface area contributed by atoms with Gasteiger partial charge in [-0.3, -0.25) is 0 Å². The Morgan fingerprint density at radius 2 is 1.94 bits per heavy atom. The zero-order valence-electron chi connectivity index (χ0n) is 11.2. The van der Waals surface area contributed by atoms with Gasteiger partial charge >= 0.3 is 0 Å². The lowest BCUT2D eigenvalue weighted by atomic mass is 10.1. The van der Waals surface area contributed by atoms with E-state index >= 15 is 0 Å². The second kappa shape index (κ2) is 7.30. The van der Waals surface area contributed by atoms with Crippen molar-refractivity contribution in [3.05, 3.63) is 29.8 Å². The molecule has 0 amide bonds. The second-order valence-corrected chi connectivity index (χ2v) is 4.38. The summed E-state index contributed by atoms with van der Waals surface area (Å²) in [4.78, 5) is 0. The molecule has 0 aliphatic carbocycles. The molecule has 3 nitrogen and oxygen atoms in total. The third kappa shape index (κ3) is 4.75. The third-order valence-corrected chi connectivity index (χ3v) is 2.70. The van der Waals surface area contributed by atoms with Crippen molar-refractivity contribution in [2.75, 3.05) is 20.8 Å². The summed E-state index contributed by atoms with van der Waals surface area (Å²) in [5, 5.41) is 3.28. The summed E-state index contributed by atoms with van der Waals surface area (Å²) in [6.07, 6.45) is 1.18. The molecule has 1 rings (SSSR count). The highest BCUT2D eigenvalue weighted by Gasteiger charge is 2.11. The molecule has 0 spiro atoms. The summed E-state index contributed by atoms with van der Waals surface area (Å²) in [7, 11) is 3.67. The van der Waals surface area contributed by atoms with Crippen molar-refractivity contribution in [2.24, 2.45) is 0 Å². The largest absolute Gasteiger partial charge is 0.496 e. The van der Waals surface area contributed by atoms with Gasteiger partial charge in [0.1, 0.15) is 5.75 Å². The molecule has 0 bridgehead atoms. The minimum atomic E-state index is 0.267. The normalized spacial score (nSPS) is 12.8. The number of ether oxygens (including phenoxy) is 2. The zero-order chi connectivity index (χ0) is 12.7. The predicted molar refractivity (Wildman–Crippen MR) is 70.6 cm³/mol. The van der Waals surface area contributed by atoms with Crippen molar-refractivity contribution in [2.45, 2.75) is 32.4 Å². The average Bonchev–Trinajstić information content (AvgIpc) is 2.34. The first-order chi connectivity index (χ1) is 8.17. The van der Waals surface area contributed by atoms with Crippen molar-refractivity contribution in [3.63, 3.8) is 0 Å². The van der Waals surface area contributed by atoms with E-state index in [2.05, 4.69) is 25.2 Å². The van der Waals surface area contributed by atoms with Crippen LogP contribution in [0, 0.1) is 0 Å². The van der Waals surface area contributed by atoms with Crippen LogP contribution in [0.25, 0.3) is 0 Å². The van der Waals surface area contributed by atoms with E-state index in [0.717, 1.165) is 12.2 Å². The molecule has 0 saturated heterocycles. The SMILES string of the molecule is CNC(COC(C)C)Cc1ccccc1OC. The Labute approximate surface area is 104 Å². The molecule has 0 saturated carbocycles. The van der Waals surface area contributed by atoms with Gasteiger partial charge in [0.2, 0.25) is 0 Å². The molecule has 0 aromatic heterocycles. The molecule has 0 aliphatic rings.